The normalized spacial score (nSPS) is 10.4. The predicted molar refractivity (Wildman–Crippen MR) is 74.8 cm³/mol. The van der Waals surface area contributed by atoms with E-state index in [9.17, 15) is 9.59 Å². The Balaban J connectivity index is 1.97. The Labute approximate surface area is 121 Å². The number of hydrogen-bond acceptors (Lipinski definition) is 5. The molecule has 0 aliphatic heterocycles. The molecule has 2 rings (SSSR count). The van der Waals surface area contributed by atoms with Crippen LogP contribution in [-0.4, -0.2) is 28.5 Å². The third-order valence-electron chi connectivity index (χ3n) is 2.11. The van der Waals surface area contributed by atoms with E-state index in [4.69, 9.17) is 16.7 Å². The fourth-order valence-electron chi connectivity index (χ4n) is 1.33. The number of carbonyl (C=O) groups excluding carboxylic acids is 1. The highest BCUT2D eigenvalue weighted by Gasteiger charge is 2.11. The maximum absolute atomic E-state index is 11.4. The van der Waals surface area contributed by atoms with Crippen LogP contribution in [0.25, 0.3) is 9.88 Å². The van der Waals surface area contributed by atoms with Crippen LogP contribution in [0.5, 0.6) is 0 Å². The summed E-state index contributed by atoms with van der Waals surface area (Å²) in [6.45, 7) is -0.379. The molecule has 0 atom stereocenters. The number of rotatable bonds is 5. The van der Waals surface area contributed by atoms with Gasteiger partial charge in [-0.2, -0.15) is 0 Å². The average molecular weight is 317 g/mol. The van der Waals surface area contributed by atoms with Crippen LogP contribution in [0.3, 0.4) is 0 Å². The van der Waals surface area contributed by atoms with E-state index in [2.05, 4.69) is 10.3 Å². The summed E-state index contributed by atoms with van der Waals surface area (Å²) in [5.41, 5.74) is 0.618. The van der Waals surface area contributed by atoms with Gasteiger partial charge in [0.1, 0.15) is 11.6 Å². The molecular weight excluding hydrogens is 308 g/mol. The van der Waals surface area contributed by atoms with Crippen molar-refractivity contribution < 1.29 is 14.7 Å². The highest BCUT2D eigenvalue weighted by atomic mass is 35.5. The number of nitrogens with one attached hydrogen (secondary N) is 1. The van der Waals surface area contributed by atoms with Crippen molar-refractivity contribution in [3.8, 4) is 9.88 Å². The minimum atomic E-state index is -1.07. The van der Waals surface area contributed by atoms with Crippen molar-refractivity contribution >= 4 is 46.2 Å². The molecule has 0 aliphatic rings. The second-order valence-corrected chi connectivity index (χ2v) is 6.17. The number of carboxylic acids is 1. The van der Waals surface area contributed by atoms with Crippen molar-refractivity contribution in [1.82, 2.24) is 10.3 Å². The van der Waals surface area contributed by atoms with Crippen LogP contribution < -0.4 is 5.32 Å². The molecule has 0 spiro atoms. The summed E-state index contributed by atoms with van der Waals surface area (Å²) in [5, 5.41) is 13.3. The molecule has 0 fully saturated rings. The number of halogens is 1. The van der Waals surface area contributed by atoms with Gasteiger partial charge < -0.3 is 10.4 Å². The summed E-state index contributed by atoms with van der Waals surface area (Å²) >= 11 is 8.70. The lowest BCUT2D eigenvalue weighted by molar-refractivity contribution is -0.137. The predicted octanol–water partition coefficient (Wildman–Crippen LogP) is 2.27. The molecule has 0 bridgehead atoms. The van der Waals surface area contributed by atoms with Gasteiger partial charge in [0.15, 0.2) is 0 Å². The standard InChI is InChI=1S/C11H9ClN2O3S2/c12-8-2-1-7(19-8)11-14-6(5-18-11)3-9(15)13-4-10(16)17/h1-2,5H,3-4H2,(H,13,15)(H,16,17). The number of aliphatic carboxylic acids is 1. The first-order valence-electron chi connectivity index (χ1n) is 5.23. The summed E-state index contributed by atoms with van der Waals surface area (Å²) < 4.78 is 0.686. The molecule has 100 valence electrons. The minimum Gasteiger partial charge on any atom is -0.480 e. The fourth-order valence-corrected chi connectivity index (χ4v) is 3.27. The fraction of sp³-hybridized carbons (Fsp3) is 0.182. The van der Waals surface area contributed by atoms with Crippen LogP contribution in [0.15, 0.2) is 17.5 Å². The van der Waals surface area contributed by atoms with Gasteiger partial charge in [-0.3, -0.25) is 9.59 Å². The van der Waals surface area contributed by atoms with Gasteiger partial charge in [-0.05, 0) is 12.1 Å². The van der Waals surface area contributed by atoms with Gasteiger partial charge in [0.2, 0.25) is 5.91 Å². The molecule has 2 N–H and O–H groups in total. The monoisotopic (exact) mass is 316 g/mol. The quantitative estimate of drug-likeness (QED) is 0.887. The second kappa shape index (κ2) is 6.14. The van der Waals surface area contributed by atoms with Gasteiger partial charge >= 0.3 is 5.97 Å². The van der Waals surface area contributed by atoms with E-state index in [0.29, 0.717) is 10.0 Å². The topological polar surface area (TPSA) is 79.3 Å². The lowest BCUT2D eigenvalue weighted by atomic mass is 10.3. The zero-order chi connectivity index (χ0) is 13.8. The number of thiazole rings is 1. The van der Waals surface area contributed by atoms with Crippen molar-refractivity contribution in [3.63, 3.8) is 0 Å². The summed E-state index contributed by atoms with van der Waals surface area (Å²) in [6, 6.07) is 3.67. The van der Waals surface area contributed by atoms with Crippen molar-refractivity contribution in [3.05, 3.63) is 27.5 Å². The first kappa shape index (κ1) is 14.0. The lowest BCUT2D eigenvalue weighted by Crippen LogP contribution is -2.30. The zero-order valence-corrected chi connectivity index (χ0v) is 11.9. The molecule has 0 radical (unpaired) electrons. The largest absolute Gasteiger partial charge is 0.480 e. The van der Waals surface area contributed by atoms with Gasteiger partial charge in [0, 0.05) is 5.38 Å². The molecular formula is C11H9ClN2O3S2. The van der Waals surface area contributed by atoms with Crippen LogP contribution in [0.2, 0.25) is 4.34 Å². The zero-order valence-electron chi connectivity index (χ0n) is 9.55. The highest BCUT2D eigenvalue weighted by molar-refractivity contribution is 7.23. The smallest absolute Gasteiger partial charge is 0.322 e. The first-order chi connectivity index (χ1) is 9.04. The van der Waals surface area contributed by atoms with Crippen LogP contribution in [0, 0.1) is 0 Å². The summed E-state index contributed by atoms with van der Waals surface area (Å²) in [4.78, 5) is 27.0. The third-order valence-corrected chi connectivity index (χ3v) is 4.41. The maximum Gasteiger partial charge on any atom is 0.322 e. The number of aromatic nitrogens is 1. The Kier molecular flexibility index (Phi) is 4.52. The van der Waals surface area contributed by atoms with E-state index < -0.39 is 5.97 Å². The summed E-state index contributed by atoms with van der Waals surface area (Å²) in [7, 11) is 0. The number of thiophene rings is 1. The van der Waals surface area contributed by atoms with Crippen molar-refractivity contribution in [1.29, 1.82) is 0 Å². The Morgan fingerprint density at radius 1 is 1.42 bits per heavy atom. The van der Waals surface area contributed by atoms with Crippen LogP contribution in [0.1, 0.15) is 5.69 Å². The Morgan fingerprint density at radius 2 is 2.21 bits per heavy atom. The molecule has 0 saturated carbocycles. The molecule has 8 heteroatoms. The molecule has 0 aromatic carbocycles. The number of amides is 1. The van der Waals surface area contributed by atoms with E-state index in [1.807, 2.05) is 6.07 Å². The van der Waals surface area contributed by atoms with Crippen molar-refractivity contribution in [2.24, 2.45) is 0 Å². The summed E-state index contributed by atoms with van der Waals surface area (Å²) in [5.74, 6) is -1.43. The van der Waals surface area contributed by atoms with Crippen molar-refractivity contribution in [2.45, 2.75) is 6.42 Å². The van der Waals surface area contributed by atoms with Crippen LogP contribution >= 0.6 is 34.3 Å². The minimum absolute atomic E-state index is 0.0723. The molecule has 0 saturated heterocycles. The Morgan fingerprint density at radius 3 is 2.84 bits per heavy atom. The number of nitrogens with zero attached hydrogens (tertiary/aromatic N) is 1. The molecule has 19 heavy (non-hydrogen) atoms. The molecule has 5 nitrogen and oxygen atoms in total. The number of hydrogen-bond donors (Lipinski definition) is 2. The lowest BCUT2D eigenvalue weighted by Gasteiger charge is -1.99. The second-order valence-electron chi connectivity index (χ2n) is 3.59. The molecule has 0 aliphatic carbocycles. The van der Waals surface area contributed by atoms with Gasteiger partial charge in [-0.15, -0.1) is 22.7 Å². The van der Waals surface area contributed by atoms with Gasteiger partial charge in [-0.1, -0.05) is 11.6 Å². The number of carbonyl (C=O) groups is 2. The van der Waals surface area contributed by atoms with Gasteiger partial charge in [0.05, 0.1) is 21.3 Å². The Hall–Kier alpha value is -1.44. The van der Waals surface area contributed by atoms with E-state index >= 15 is 0 Å². The van der Waals surface area contributed by atoms with E-state index in [0.717, 1.165) is 9.88 Å². The third kappa shape index (κ3) is 4.02. The molecule has 2 heterocycles. The molecule has 0 unspecified atom stereocenters. The molecule has 2 aromatic heterocycles. The first-order valence-corrected chi connectivity index (χ1v) is 7.30. The van der Waals surface area contributed by atoms with Crippen molar-refractivity contribution in [2.75, 3.05) is 6.54 Å². The van der Waals surface area contributed by atoms with Crippen LogP contribution in [0.4, 0.5) is 0 Å². The van der Waals surface area contributed by atoms with E-state index in [-0.39, 0.29) is 18.9 Å². The number of carboxylic acid groups (broad SMARTS) is 1. The van der Waals surface area contributed by atoms with E-state index in [1.54, 1.807) is 11.4 Å². The van der Waals surface area contributed by atoms with Gasteiger partial charge in [-0.25, -0.2) is 4.98 Å². The highest BCUT2D eigenvalue weighted by Crippen LogP contribution is 2.32. The average Bonchev–Trinajstić information content (AvgIpc) is 2.95. The van der Waals surface area contributed by atoms with Gasteiger partial charge in [0.25, 0.3) is 0 Å². The summed E-state index contributed by atoms with van der Waals surface area (Å²) in [6.07, 6.45) is 0.0723. The SMILES string of the molecule is O=C(O)CNC(=O)Cc1csc(-c2ccc(Cl)s2)n1. The van der Waals surface area contributed by atoms with E-state index in [1.165, 1.54) is 22.7 Å². The van der Waals surface area contributed by atoms with Crippen LogP contribution in [-0.2, 0) is 16.0 Å². The maximum atomic E-state index is 11.4. The Bertz CT molecular complexity index is 609. The molecule has 1 amide bonds. The molecule has 2 aromatic rings.